The largest absolute Gasteiger partial charge is 0.506 e. The Morgan fingerprint density at radius 1 is 1.40 bits per heavy atom. The highest BCUT2D eigenvalue weighted by atomic mass is 35.5. The minimum absolute atomic E-state index is 0.0721. The van der Waals surface area contributed by atoms with Crippen LogP contribution in [0, 0.1) is 10.1 Å². The molecule has 1 aromatic carbocycles. The van der Waals surface area contributed by atoms with E-state index in [0.717, 1.165) is 18.2 Å². The molecule has 1 amide bonds. The summed E-state index contributed by atoms with van der Waals surface area (Å²) in [5.41, 5.74) is -0.177. The fraction of sp³-hybridized carbons (Fsp3) is 0. The van der Waals surface area contributed by atoms with Crippen molar-refractivity contribution in [3.8, 4) is 5.75 Å². The number of halogens is 1. The number of nitro benzene ring substituents is 1. The highest BCUT2D eigenvalue weighted by Gasteiger charge is 2.15. The second-order valence-electron chi connectivity index (χ2n) is 3.77. The van der Waals surface area contributed by atoms with E-state index in [9.17, 15) is 20.0 Å². The van der Waals surface area contributed by atoms with Crippen molar-refractivity contribution >= 4 is 28.9 Å². The quantitative estimate of drug-likeness (QED) is 0.514. The second-order valence-corrected chi connectivity index (χ2v) is 4.18. The Bertz CT molecular complexity index is 690. The number of aromatic hydroxyl groups is 1. The van der Waals surface area contributed by atoms with Gasteiger partial charge < -0.3 is 10.4 Å². The lowest BCUT2D eigenvalue weighted by Crippen LogP contribution is -2.12. The van der Waals surface area contributed by atoms with Crippen LogP contribution in [-0.2, 0) is 0 Å². The van der Waals surface area contributed by atoms with Crippen LogP contribution in [0.5, 0.6) is 5.75 Å². The molecule has 0 bridgehead atoms. The van der Waals surface area contributed by atoms with Crippen LogP contribution >= 0.6 is 11.6 Å². The number of hydrogen-bond donors (Lipinski definition) is 2. The average Bonchev–Trinajstić information content (AvgIpc) is 2.41. The molecule has 0 spiro atoms. The summed E-state index contributed by atoms with van der Waals surface area (Å²) in [4.78, 5) is 25.7. The van der Waals surface area contributed by atoms with Crippen molar-refractivity contribution in [3.63, 3.8) is 0 Å². The van der Waals surface area contributed by atoms with E-state index in [0.29, 0.717) is 0 Å². The minimum Gasteiger partial charge on any atom is -0.506 e. The first kappa shape index (κ1) is 13.8. The molecule has 102 valence electrons. The molecule has 8 heteroatoms. The number of nitro groups is 1. The molecule has 1 aromatic heterocycles. The molecule has 2 aromatic rings. The van der Waals surface area contributed by atoms with Crippen LogP contribution in [0.25, 0.3) is 0 Å². The van der Waals surface area contributed by atoms with E-state index >= 15 is 0 Å². The summed E-state index contributed by atoms with van der Waals surface area (Å²) in [5.74, 6) is -0.887. The van der Waals surface area contributed by atoms with Gasteiger partial charge in [0.2, 0.25) is 0 Å². The number of carbonyl (C=O) groups excluding carboxylic acids is 1. The molecule has 1 heterocycles. The predicted octanol–water partition coefficient (Wildman–Crippen LogP) is 2.60. The molecule has 20 heavy (non-hydrogen) atoms. The zero-order chi connectivity index (χ0) is 14.7. The van der Waals surface area contributed by atoms with Crippen molar-refractivity contribution in [3.05, 3.63) is 57.4 Å². The van der Waals surface area contributed by atoms with E-state index in [1.54, 1.807) is 0 Å². The molecule has 0 aliphatic carbocycles. The Labute approximate surface area is 118 Å². The Hall–Kier alpha value is -2.67. The molecule has 0 unspecified atom stereocenters. The lowest BCUT2D eigenvalue weighted by atomic mass is 10.2. The Morgan fingerprint density at radius 3 is 2.80 bits per heavy atom. The summed E-state index contributed by atoms with van der Waals surface area (Å²) in [7, 11) is 0. The van der Waals surface area contributed by atoms with Gasteiger partial charge in [-0.2, -0.15) is 0 Å². The average molecular weight is 294 g/mol. The summed E-state index contributed by atoms with van der Waals surface area (Å²) >= 11 is 5.81. The van der Waals surface area contributed by atoms with Gasteiger partial charge in [0, 0.05) is 24.5 Å². The van der Waals surface area contributed by atoms with Crippen LogP contribution in [0.2, 0.25) is 5.02 Å². The molecular formula is C12H8ClN3O4. The molecule has 0 atom stereocenters. The maximum Gasteiger partial charge on any atom is 0.271 e. The number of nitrogens with zero attached hydrogens (tertiary/aromatic N) is 2. The van der Waals surface area contributed by atoms with Crippen LogP contribution in [0.4, 0.5) is 11.4 Å². The van der Waals surface area contributed by atoms with Gasteiger partial charge in [-0.25, -0.2) is 0 Å². The third kappa shape index (κ3) is 2.83. The van der Waals surface area contributed by atoms with Crippen LogP contribution in [0.1, 0.15) is 10.4 Å². The first-order chi connectivity index (χ1) is 9.49. The number of aromatic nitrogens is 1. The maximum atomic E-state index is 12.0. The molecule has 7 nitrogen and oxygen atoms in total. The highest BCUT2D eigenvalue weighted by molar-refractivity contribution is 6.34. The van der Waals surface area contributed by atoms with Crippen LogP contribution in [0.3, 0.4) is 0 Å². The first-order valence-electron chi connectivity index (χ1n) is 5.37. The topological polar surface area (TPSA) is 105 Å². The predicted molar refractivity (Wildman–Crippen MR) is 72.0 cm³/mol. The van der Waals surface area contributed by atoms with Crippen molar-refractivity contribution < 1.29 is 14.8 Å². The van der Waals surface area contributed by atoms with Gasteiger partial charge >= 0.3 is 0 Å². The second kappa shape index (κ2) is 5.54. The number of nitrogens with one attached hydrogen (secondary N) is 1. The van der Waals surface area contributed by atoms with E-state index in [1.165, 1.54) is 18.5 Å². The Kier molecular flexibility index (Phi) is 3.81. The lowest BCUT2D eigenvalue weighted by molar-refractivity contribution is -0.384. The summed E-state index contributed by atoms with van der Waals surface area (Å²) in [6.45, 7) is 0. The van der Waals surface area contributed by atoms with E-state index in [2.05, 4.69) is 10.3 Å². The standard InChI is InChI=1S/C12H8ClN3O4/c13-9-6-14-4-3-8(9)12(18)15-10-5-7(16(19)20)1-2-11(10)17/h1-6,17H,(H,15,18). The third-order valence-corrected chi connectivity index (χ3v) is 2.76. The first-order valence-corrected chi connectivity index (χ1v) is 5.75. The molecule has 2 N–H and O–H groups in total. The number of pyridine rings is 1. The number of phenols is 1. The summed E-state index contributed by atoms with van der Waals surface area (Å²) in [6, 6.07) is 4.71. The number of rotatable bonds is 3. The van der Waals surface area contributed by atoms with Crippen molar-refractivity contribution in [2.24, 2.45) is 0 Å². The molecule has 0 aliphatic rings. The fourth-order valence-electron chi connectivity index (χ4n) is 1.49. The minimum atomic E-state index is -0.630. The smallest absolute Gasteiger partial charge is 0.271 e. The van der Waals surface area contributed by atoms with Crippen molar-refractivity contribution in [2.45, 2.75) is 0 Å². The molecular weight excluding hydrogens is 286 g/mol. The van der Waals surface area contributed by atoms with Gasteiger partial charge in [0.05, 0.1) is 21.2 Å². The van der Waals surface area contributed by atoms with E-state index in [-0.39, 0.29) is 27.7 Å². The van der Waals surface area contributed by atoms with Crippen LogP contribution < -0.4 is 5.32 Å². The Balaban J connectivity index is 2.30. The van der Waals surface area contributed by atoms with E-state index < -0.39 is 10.8 Å². The maximum absolute atomic E-state index is 12.0. The summed E-state index contributed by atoms with van der Waals surface area (Å²) < 4.78 is 0. The zero-order valence-electron chi connectivity index (χ0n) is 9.91. The number of carbonyl (C=O) groups is 1. The zero-order valence-corrected chi connectivity index (χ0v) is 10.7. The molecule has 0 saturated carbocycles. The number of anilines is 1. The fourth-order valence-corrected chi connectivity index (χ4v) is 1.69. The van der Waals surface area contributed by atoms with E-state index in [1.807, 2.05) is 0 Å². The molecule has 0 fully saturated rings. The number of phenolic OH excluding ortho intramolecular Hbond substituents is 1. The molecule has 0 radical (unpaired) electrons. The van der Waals surface area contributed by atoms with Gasteiger partial charge in [0.25, 0.3) is 11.6 Å². The van der Waals surface area contributed by atoms with Gasteiger partial charge in [-0.15, -0.1) is 0 Å². The van der Waals surface area contributed by atoms with Crippen molar-refractivity contribution in [1.82, 2.24) is 4.98 Å². The van der Waals surface area contributed by atoms with Gasteiger partial charge in [-0.1, -0.05) is 11.6 Å². The van der Waals surface area contributed by atoms with E-state index in [4.69, 9.17) is 11.6 Å². The van der Waals surface area contributed by atoms with Crippen molar-refractivity contribution in [1.29, 1.82) is 0 Å². The normalized spacial score (nSPS) is 10.1. The van der Waals surface area contributed by atoms with Crippen LogP contribution in [-0.4, -0.2) is 20.9 Å². The number of amides is 1. The number of benzene rings is 1. The van der Waals surface area contributed by atoms with Gasteiger partial charge in [0.1, 0.15) is 5.75 Å². The van der Waals surface area contributed by atoms with Gasteiger partial charge in [-0.05, 0) is 12.1 Å². The van der Waals surface area contributed by atoms with Crippen LogP contribution in [0.15, 0.2) is 36.7 Å². The van der Waals surface area contributed by atoms with Gasteiger partial charge in [0.15, 0.2) is 0 Å². The summed E-state index contributed by atoms with van der Waals surface area (Å²) in [6.07, 6.45) is 2.68. The number of hydrogen-bond acceptors (Lipinski definition) is 5. The summed E-state index contributed by atoms with van der Waals surface area (Å²) in [5, 5.41) is 22.7. The third-order valence-electron chi connectivity index (χ3n) is 2.46. The molecule has 2 rings (SSSR count). The molecule has 0 aliphatic heterocycles. The SMILES string of the molecule is O=C(Nc1cc([N+](=O)[O-])ccc1O)c1ccncc1Cl. The Morgan fingerprint density at radius 2 is 2.15 bits per heavy atom. The van der Waals surface area contributed by atoms with Crippen molar-refractivity contribution in [2.75, 3.05) is 5.32 Å². The lowest BCUT2D eigenvalue weighted by Gasteiger charge is -2.08. The number of non-ortho nitro benzene ring substituents is 1. The highest BCUT2D eigenvalue weighted by Crippen LogP contribution is 2.28. The monoisotopic (exact) mass is 293 g/mol. The molecule has 0 saturated heterocycles. The van der Waals surface area contributed by atoms with Gasteiger partial charge in [-0.3, -0.25) is 19.9 Å².